The Bertz CT molecular complexity index is 846. The summed E-state index contributed by atoms with van der Waals surface area (Å²) in [5, 5.41) is 9.37. The molecule has 5 nitrogen and oxygen atoms in total. The second-order valence-electron chi connectivity index (χ2n) is 6.79. The number of aryl methyl sites for hydroxylation is 1. The second-order valence-corrected chi connectivity index (χ2v) is 7.24. The van der Waals surface area contributed by atoms with Crippen LogP contribution in [0.3, 0.4) is 0 Å². The van der Waals surface area contributed by atoms with E-state index in [4.69, 9.17) is 15.0 Å². The molecule has 9 heteroatoms. The van der Waals surface area contributed by atoms with Crippen molar-refractivity contribution in [3.63, 3.8) is 0 Å². The van der Waals surface area contributed by atoms with Crippen LogP contribution in [0, 0.1) is 0 Å². The van der Waals surface area contributed by atoms with E-state index in [0.717, 1.165) is 11.6 Å². The highest BCUT2D eigenvalue weighted by Crippen LogP contribution is 2.37. The van der Waals surface area contributed by atoms with Crippen LogP contribution in [-0.2, 0) is 21.7 Å². The number of aliphatic hydroxyl groups is 1. The minimum absolute atomic E-state index is 0.150. The van der Waals surface area contributed by atoms with E-state index in [1.807, 2.05) is 30.3 Å². The number of rotatable bonds is 11. The first-order valence-corrected chi connectivity index (χ1v) is 10.0. The standard InChI is InChI=1S/C21H24F3NO4P/c22-21(23,24)18-13-17(10-11-20(25,14-26)15-29-30-27)8-9-19(18)28-12-4-7-16-5-2-1-3-6-16/h1-3,5-6,8-11,13,26,30H,4,7,12,14-15,25H2/q+1. The maximum absolute atomic E-state index is 13.5. The lowest BCUT2D eigenvalue weighted by Gasteiger charge is -2.19. The lowest BCUT2D eigenvalue weighted by atomic mass is 10.0. The van der Waals surface area contributed by atoms with Gasteiger partial charge in [-0.05, 0) is 40.7 Å². The molecule has 2 atom stereocenters. The summed E-state index contributed by atoms with van der Waals surface area (Å²) in [6, 6.07) is 13.3. The Morgan fingerprint density at radius 1 is 1.13 bits per heavy atom. The van der Waals surface area contributed by atoms with Crippen molar-refractivity contribution in [3.05, 3.63) is 71.3 Å². The molecule has 2 unspecified atom stereocenters. The summed E-state index contributed by atoms with van der Waals surface area (Å²) < 4.78 is 61.0. The van der Waals surface area contributed by atoms with Gasteiger partial charge in [0.2, 0.25) is 0 Å². The molecular formula is C21H24F3NO4P+. The summed E-state index contributed by atoms with van der Waals surface area (Å²) >= 11 is 0. The smallest absolute Gasteiger partial charge is 0.493 e. The molecule has 0 heterocycles. The van der Waals surface area contributed by atoms with Crippen molar-refractivity contribution in [2.45, 2.75) is 24.6 Å². The van der Waals surface area contributed by atoms with Gasteiger partial charge >= 0.3 is 14.9 Å². The van der Waals surface area contributed by atoms with E-state index in [0.29, 0.717) is 12.8 Å². The monoisotopic (exact) mass is 442 g/mol. The molecule has 0 spiro atoms. The third-order valence-corrected chi connectivity index (χ3v) is 4.58. The molecule has 0 fully saturated rings. The Balaban J connectivity index is 2.09. The van der Waals surface area contributed by atoms with Gasteiger partial charge in [0, 0.05) is 0 Å². The predicted molar refractivity (Wildman–Crippen MR) is 110 cm³/mol. The van der Waals surface area contributed by atoms with E-state index in [-0.39, 0.29) is 24.5 Å². The highest BCUT2D eigenvalue weighted by Gasteiger charge is 2.34. The highest BCUT2D eigenvalue weighted by atomic mass is 31.1. The van der Waals surface area contributed by atoms with Crippen LogP contribution in [0.2, 0.25) is 0 Å². The van der Waals surface area contributed by atoms with Crippen molar-refractivity contribution in [2.24, 2.45) is 5.73 Å². The number of nitrogens with two attached hydrogens (primary N) is 1. The summed E-state index contributed by atoms with van der Waals surface area (Å²) in [5.41, 5.74) is 4.94. The first-order valence-electron chi connectivity index (χ1n) is 9.23. The molecule has 162 valence electrons. The Hall–Kier alpha value is -2.25. The van der Waals surface area contributed by atoms with Crippen molar-refractivity contribution in [1.82, 2.24) is 0 Å². The Kier molecular flexibility index (Phi) is 8.99. The maximum atomic E-state index is 13.5. The topological polar surface area (TPSA) is 81.8 Å². The van der Waals surface area contributed by atoms with Gasteiger partial charge in [-0.25, -0.2) is 0 Å². The Labute approximate surface area is 174 Å². The minimum atomic E-state index is -4.60. The number of benzene rings is 2. The summed E-state index contributed by atoms with van der Waals surface area (Å²) in [7, 11) is -1.06. The molecule has 0 aliphatic rings. The first kappa shape index (κ1) is 24.0. The second kappa shape index (κ2) is 11.2. The molecule has 2 aromatic rings. The first-order chi connectivity index (χ1) is 14.3. The van der Waals surface area contributed by atoms with Crippen molar-refractivity contribution in [1.29, 1.82) is 0 Å². The van der Waals surface area contributed by atoms with Crippen LogP contribution in [0.25, 0.3) is 6.08 Å². The molecule has 0 aliphatic carbocycles. The summed E-state index contributed by atoms with van der Waals surface area (Å²) in [6.45, 7) is -0.615. The predicted octanol–water partition coefficient (Wildman–Crippen LogP) is 4.38. The van der Waals surface area contributed by atoms with Crippen molar-refractivity contribution in [3.8, 4) is 5.75 Å². The van der Waals surface area contributed by atoms with E-state index in [9.17, 15) is 22.8 Å². The molecule has 0 saturated carbocycles. The molecule has 3 N–H and O–H groups in total. The molecule has 0 amide bonds. The third kappa shape index (κ3) is 7.54. The highest BCUT2D eigenvalue weighted by molar-refractivity contribution is 7.17. The van der Waals surface area contributed by atoms with Crippen LogP contribution >= 0.6 is 8.69 Å². The zero-order valence-electron chi connectivity index (χ0n) is 16.2. The normalized spacial score (nSPS) is 14.2. The molecule has 30 heavy (non-hydrogen) atoms. The zero-order chi connectivity index (χ0) is 22.0. The number of halogens is 3. The van der Waals surface area contributed by atoms with E-state index < -0.39 is 32.6 Å². The van der Waals surface area contributed by atoms with Crippen LogP contribution in [0.1, 0.15) is 23.1 Å². The molecule has 2 aromatic carbocycles. The van der Waals surface area contributed by atoms with Gasteiger partial charge in [0.05, 0.1) is 24.3 Å². The van der Waals surface area contributed by atoms with Gasteiger partial charge in [-0.2, -0.15) is 13.2 Å². The number of aliphatic hydroxyl groups excluding tert-OH is 1. The molecule has 0 radical (unpaired) electrons. The summed E-state index contributed by atoms with van der Waals surface area (Å²) in [5.74, 6) is -0.246. The fourth-order valence-corrected chi connectivity index (χ4v) is 3.00. The average molecular weight is 442 g/mol. The minimum Gasteiger partial charge on any atom is -0.493 e. The SMILES string of the molecule is NC(C=Cc1ccc(OCCCc2ccccc2)c(C(F)(F)F)c1)(CO)CO[PH+]=O. The quantitative estimate of drug-likeness (QED) is 0.399. The van der Waals surface area contributed by atoms with Crippen LogP contribution in [0.15, 0.2) is 54.6 Å². The van der Waals surface area contributed by atoms with Crippen molar-refractivity contribution in [2.75, 3.05) is 19.8 Å². The van der Waals surface area contributed by atoms with Gasteiger partial charge in [0.25, 0.3) is 0 Å². The van der Waals surface area contributed by atoms with Crippen LogP contribution in [0.5, 0.6) is 5.75 Å². The summed E-state index contributed by atoms with van der Waals surface area (Å²) in [6.07, 6.45) is -0.641. The van der Waals surface area contributed by atoms with Gasteiger partial charge in [-0.3, -0.25) is 0 Å². The number of hydrogen-bond donors (Lipinski definition) is 2. The van der Waals surface area contributed by atoms with Gasteiger partial charge in [0.1, 0.15) is 12.4 Å². The van der Waals surface area contributed by atoms with E-state index in [1.165, 1.54) is 24.3 Å². The number of ether oxygens (including phenoxy) is 1. The number of alkyl halides is 3. The molecular weight excluding hydrogens is 418 g/mol. The van der Waals surface area contributed by atoms with Gasteiger partial charge in [0.15, 0.2) is 0 Å². The largest absolute Gasteiger partial charge is 0.494 e. The molecule has 0 saturated heterocycles. The van der Waals surface area contributed by atoms with E-state index in [2.05, 4.69) is 0 Å². The number of hydrogen-bond acceptors (Lipinski definition) is 5. The van der Waals surface area contributed by atoms with E-state index in [1.54, 1.807) is 0 Å². The fourth-order valence-electron chi connectivity index (χ4n) is 2.67. The van der Waals surface area contributed by atoms with Gasteiger partial charge < -0.3 is 15.6 Å². The van der Waals surface area contributed by atoms with Crippen molar-refractivity contribution < 1.29 is 32.1 Å². The molecule has 0 bridgehead atoms. The molecule has 0 aromatic heterocycles. The molecule has 2 rings (SSSR count). The lowest BCUT2D eigenvalue weighted by Crippen LogP contribution is -2.45. The van der Waals surface area contributed by atoms with Crippen LogP contribution in [0.4, 0.5) is 13.2 Å². The lowest BCUT2D eigenvalue weighted by molar-refractivity contribution is -0.139. The molecule has 0 aliphatic heterocycles. The summed E-state index contributed by atoms with van der Waals surface area (Å²) in [4.78, 5) is 0. The van der Waals surface area contributed by atoms with Crippen LogP contribution < -0.4 is 10.5 Å². The Morgan fingerprint density at radius 2 is 1.87 bits per heavy atom. The maximum Gasteiger partial charge on any atom is 0.494 e. The van der Waals surface area contributed by atoms with Gasteiger partial charge in [-0.15, -0.1) is 4.52 Å². The van der Waals surface area contributed by atoms with Crippen LogP contribution in [-0.4, -0.2) is 30.5 Å². The zero-order valence-corrected chi connectivity index (χ0v) is 17.2. The fraction of sp³-hybridized carbons (Fsp3) is 0.333. The van der Waals surface area contributed by atoms with Crippen molar-refractivity contribution >= 4 is 14.8 Å². The third-order valence-electron chi connectivity index (χ3n) is 4.32. The van der Waals surface area contributed by atoms with E-state index >= 15 is 0 Å². The Morgan fingerprint density at radius 3 is 2.50 bits per heavy atom. The average Bonchev–Trinajstić information content (AvgIpc) is 2.74. The van der Waals surface area contributed by atoms with Gasteiger partial charge in [-0.1, -0.05) is 48.6 Å².